The Bertz CT molecular complexity index is 530. The average molecular weight is 278 g/mol. The second-order valence-corrected chi connectivity index (χ2v) is 4.90. The normalized spacial score (nSPS) is 21.5. The summed E-state index contributed by atoms with van der Waals surface area (Å²) in [6.07, 6.45) is 0.937. The van der Waals surface area contributed by atoms with E-state index in [2.05, 4.69) is 10.6 Å². The van der Waals surface area contributed by atoms with Gasteiger partial charge in [0.15, 0.2) is 0 Å². The van der Waals surface area contributed by atoms with Crippen molar-refractivity contribution in [1.29, 1.82) is 0 Å². The third-order valence-electron chi connectivity index (χ3n) is 3.53. The summed E-state index contributed by atoms with van der Waals surface area (Å²) in [7, 11) is 1.46. The highest BCUT2D eigenvalue weighted by molar-refractivity contribution is 6.02. The largest absolute Gasteiger partial charge is 0.497 e. The van der Waals surface area contributed by atoms with E-state index >= 15 is 0 Å². The highest BCUT2D eigenvalue weighted by atomic mass is 16.5. The van der Waals surface area contributed by atoms with E-state index in [-0.39, 0.29) is 29.1 Å². The Labute approximate surface area is 117 Å². The van der Waals surface area contributed by atoms with Gasteiger partial charge in [-0.25, -0.2) is 4.79 Å². The van der Waals surface area contributed by atoms with Crippen molar-refractivity contribution in [3.63, 3.8) is 0 Å². The van der Waals surface area contributed by atoms with Gasteiger partial charge in [-0.05, 0) is 37.1 Å². The first kappa shape index (κ1) is 14.3. The van der Waals surface area contributed by atoms with Crippen molar-refractivity contribution in [2.45, 2.75) is 19.4 Å². The lowest BCUT2D eigenvalue weighted by molar-refractivity contribution is -0.118. The lowest BCUT2D eigenvalue weighted by Crippen LogP contribution is -2.39. The fourth-order valence-electron chi connectivity index (χ4n) is 2.33. The van der Waals surface area contributed by atoms with Crippen LogP contribution in [0.1, 0.15) is 23.7 Å². The summed E-state index contributed by atoms with van der Waals surface area (Å²) in [5.74, 6) is -0.636. The van der Waals surface area contributed by atoms with Crippen LogP contribution in [0, 0.1) is 5.92 Å². The Morgan fingerprint density at radius 1 is 1.45 bits per heavy atom. The Morgan fingerprint density at radius 3 is 2.75 bits per heavy atom. The number of hydrogen-bond donors (Lipinski definition) is 3. The summed E-state index contributed by atoms with van der Waals surface area (Å²) in [5.41, 5.74) is 0.299. The van der Waals surface area contributed by atoms with Crippen molar-refractivity contribution in [3.8, 4) is 5.75 Å². The minimum absolute atomic E-state index is 0.0170. The maximum absolute atomic E-state index is 12.2. The molecule has 1 heterocycles. The first-order valence-electron chi connectivity index (χ1n) is 6.48. The zero-order valence-electron chi connectivity index (χ0n) is 11.5. The van der Waals surface area contributed by atoms with Gasteiger partial charge in [0.1, 0.15) is 5.75 Å². The van der Waals surface area contributed by atoms with E-state index < -0.39 is 5.97 Å². The second-order valence-electron chi connectivity index (χ2n) is 4.90. The van der Waals surface area contributed by atoms with E-state index in [0.717, 1.165) is 13.0 Å². The van der Waals surface area contributed by atoms with Crippen molar-refractivity contribution < 1.29 is 19.4 Å². The molecule has 108 valence electrons. The molecule has 6 nitrogen and oxygen atoms in total. The molecule has 1 aromatic carbocycles. The Morgan fingerprint density at radius 2 is 2.20 bits per heavy atom. The van der Waals surface area contributed by atoms with Crippen molar-refractivity contribution >= 4 is 17.6 Å². The molecule has 2 rings (SSSR count). The van der Waals surface area contributed by atoms with E-state index in [4.69, 9.17) is 4.74 Å². The van der Waals surface area contributed by atoms with Crippen LogP contribution in [-0.4, -0.2) is 36.7 Å². The lowest BCUT2D eigenvalue weighted by atomic mass is 10.0. The van der Waals surface area contributed by atoms with Crippen molar-refractivity contribution in [2.75, 3.05) is 19.0 Å². The van der Waals surface area contributed by atoms with Crippen LogP contribution in [0.4, 0.5) is 5.69 Å². The van der Waals surface area contributed by atoms with Crippen molar-refractivity contribution in [2.24, 2.45) is 5.92 Å². The number of anilines is 1. The van der Waals surface area contributed by atoms with Gasteiger partial charge in [0.2, 0.25) is 5.91 Å². The van der Waals surface area contributed by atoms with Gasteiger partial charge >= 0.3 is 5.97 Å². The van der Waals surface area contributed by atoms with Gasteiger partial charge in [-0.1, -0.05) is 6.92 Å². The fraction of sp³-hybridized carbons (Fsp3) is 0.429. The molecule has 0 saturated carbocycles. The third-order valence-corrected chi connectivity index (χ3v) is 3.53. The van der Waals surface area contributed by atoms with E-state index in [0.29, 0.717) is 5.75 Å². The predicted molar refractivity (Wildman–Crippen MR) is 74.2 cm³/mol. The molecule has 0 aliphatic carbocycles. The van der Waals surface area contributed by atoms with Crippen LogP contribution in [0.25, 0.3) is 0 Å². The highest BCUT2D eigenvalue weighted by Gasteiger charge is 2.29. The fourth-order valence-corrected chi connectivity index (χ4v) is 2.33. The van der Waals surface area contributed by atoms with Gasteiger partial charge in [-0.2, -0.15) is 0 Å². The van der Waals surface area contributed by atoms with E-state index in [1.54, 1.807) is 12.1 Å². The van der Waals surface area contributed by atoms with E-state index in [1.807, 2.05) is 6.92 Å². The van der Waals surface area contributed by atoms with Crippen LogP contribution < -0.4 is 15.4 Å². The number of hydrogen-bond acceptors (Lipinski definition) is 4. The number of benzene rings is 1. The molecule has 0 bridgehead atoms. The number of amides is 1. The molecule has 3 N–H and O–H groups in total. The summed E-state index contributed by atoms with van der Waals surface area (Å²) in [6, 6.07) is 4.27. The van der Waals surface area contributed by atoms with Crippen LogP contribution in [0.15, 0.2) is 18.2 Å². The summed E-state index contributed by atoms with van der Waals surface area (Å²) in [4.78, 5) is 23.4. The standard InChI is InChI=1S/C14H18N2O4/c1-8-5-6-15-12(8)13(17)16-11-4-3-9(20-2)7-10(11)14(18)19/h3-4,7-8,12,15H,5-6H2,1-2H3,(H,16,17)(H,18,19). The van der Waals surface area contributed by atoms with Gasteiger partial charge in [-0.15, -0.1) is 0 Å². The predicted octanol–water partition coefficient (Wildman–Crippen LogP) is 1.33. The van der Waals surface area contributed by atoms with Crippen LogP contribution in [0.3, 0.4) is 0 Å². The van der Waals surface area contributed by atoms with Gasteiger partial charge in [0.25, 0.3) is 0 Å². The molecule has 1 aliphatic heterocycles. The van der Waals surface area contributed by atoms with Crippen LogP contribution in [0.2, 0.25) is 0 Å². The van der Waals surface area contributed by atoms with E-state index in [1.165, 1.54) is 13.2 Å². The number of carbonyl (C=O) groups is 2. The zero-order chi connectivity index (χ0) is 14.7. The lowest BCUT2D eigenvalue weighted by Gasteiger charge is -2.16. The molecule has 0 spiro atoms. The smallest absolute Gasteiger partial charge is 0.337 e. The maximum atomic E-state index is 12.2. The maximum Gasteiger partial charge on any atom is 0.337 e. The summed E-state index contributed by atoms with van der Waals surface area (Å²) < 4.78 is 4.99. The third kappa shape index (κ3) is 2.91. The zero-order valence-corrected chi connectivity index (χ0v) is 11.5. The van der Waals surface area contributed by atoms with Crippen molar-refractivity contribution in [1.82, 2.24) is 5.32 Å². The molecular formula is C14H18N2O4. The topological polar surface area (TPSA) is 87.7 Å². The first-order valence-corrected chi connectivity index (χ1v) is 6.48. The molecule has 1 amide bonds. The molecule has 0 radical (unpaired) electrons. The van der Waals surface area contributed by atoms with Gasteiger partial charge in [0.05, 0.1) is 24.4 Å². The summed E-state index contributed by atoms with van der Waals surface area (Å²) >= 11 is 0. The minimum Gasteiger partial charge on any atom is -0.497 e. The molecule has 2 atom stereocenters. The molecule has 1 saturated heterocycles. The molecule has 1 aliphatic rings. The Kier molecular flexibility index (Phi) is 4.24. The van der Waals surface area contributed by atoms with Gasteiger partial charge in [0, 0.05) is 0 Å². The molecule has 0 aromatic heterocycles. The first-order chi connectivity index (χ1) is 9.52. The van der Waals surface area contributed by atoms with Crippen LogP contribution in [0.5, 0.6) is 5.75 Å². The highest BCUT2D eigenvalue weighted by Crippen LogP contribution is 2.23. The monoisotopic (exact) mass is 278 g/mol. The number of ether oxygens (including phenoxy) is 1. The number of carbonyl (C=O) groups excluding carboxylic acids is 1. The number of carboxylic acid groups (broad SMARTS) is 1. The number of carboxylic acids is 1. The molecule has 20 heavy (non-hydrogen) atoms. The molecule has 2 unspecified atom stereocenters. The number of rotatable bonds is 4. The van der Waals surface area contributed by atoms with Gasteiger partial charge < -0.3 is 20.5 Å². The average Bonchev–Trinajstić information content (AvgIpc) is 2.85. The van der Waals surface area contributed by atoms with Crippen LogP contribution >= 0.6 is 0 Å². The summed E-state index contributed by atoms with van der Waals surface area (Å²) in [5, 5.41) is 15.0. The molecule has 6 heteroatoms. The summed E-state index contributed by atoms with van der Waals surface area (Å²) in [6.45, 7) is 2.80. The number of aromatic carboxylic acids is 1. The number of methoxy groups -OCH3 is 1. The van der Waals surface area contributed by atoms with E-state index in [9.17, 15) is 14.7 Å². The molecular weight excluding hydrogens is 260 g/mol. The quantitative estimate of drug-likeness (QED) is 0.773. The van der Waals surface area contributed by atoms with Gasteiger partial charge in [-0.3, -0.25) is 4.79 Å². The Hall–Kier alpha value is -2.08. The Balaban J connectivity index is 2.20. The second kappa shape index (κ2) is 5.92. The molecule has 1 fully saturated rings. The van der Waals surface area contributed by atoms with Crippen LogP contribution in [-0.2, 0) is 4.79 Å². The SMILES string of the molecule is COc1ccc(NC(=O)C2NCCC2C)c(C(=O)O)c1. The van der Waals surface area contributed by atoms with Crippen molar-refractivity contribution in [3.05, 3.63) is 23.8 Å². The molecule has 1 aromatic rings. The number of nitrogens with one attached hydrogen (secondary N) is 2. The minimum atomic E-state index is -1.10.